The summed E-state index contributed by atoms with van der Waals surface area (Å²) in [6.07, 6.45) is 0.381. The van der Waals surface area contributed by atoms with E-state index in [4.69, 9.17) is 9.47 Å². The van der Waals surface area contributed by atoms with E-state index in [0.29, 0.717) is 12.3 Å². The molecule has 1 aromatic rings. The van der Waals surface area contributed by atoms with E-state index in [1.54, 1.807) is 7.11 Å². The van der Waals surface area contributed by atoms with Crippen molar-refractivity contribution in [1.29, 1.82) is 0 Å². The van der Waals surface area contributed by atoms with Gasteiger partial charge in [0, 0.05) is 18.5 Å². The standard InChI is InChI=1S/C12H14N2O3/c1-16-9-4-2-3-8-10(9)14-11(15)17-12(8)5-6-13-7-12/h2-4,13H,5-7H2,1H3,(H,14,15). The van der Waals surface area contributed by atoms with Crippen molar-refractivity contribution in [1.82, 2.24) is 5.32 Å². The maximum atomic E-state index is 11.6. The van der Waals surface area contributed by atoms with Crippen molar-refractivity contribution in [3.8, 4) is 5.75 Å². The molecular formula is C12H14N2O3. The Kier molecular flexibility index (Phi) is 2.22. The Bertz CT molecular complexity index is 467. The highest BCUT2D eigenvalue weighted by atomic mass is 16.6. The highest BCUT2D eigenvalue weighted by Crippen LogP contribution is 2.43. The average Bonchev–Trinajstić information content (AvgIpc) is 2.77. The minimum atomic E-state index is -0.536. The molecule has 5 nitrogen and oxygen atoms in total. The molecule has 0 aromatic heterocycles. The highest BCUT2D eigenvalue weighted by Gasteiger charge is 2.45. The first-order valence-electron chi connectivity index (χ1n) is 5.63. The van der Waals surface area contributed by atoms with Gasteiger partial charge in [0.1, 0.15) is 5.75 Å². The van der Waals surface area contributed by atoms with Gasteiger partial charge >= 0.3 is 6.09 Å². The van der Waals surface area contributed by atoms with Crippen LogP contribution in [0.2, 0.25) is 0 Å². The summed E-state index contributed by atoms with van der Waals surface area (Å²) >= 11 is 0. The highest BCUT2D eigenvalue weighted by molar-refractivity contribution is 5.91. The van der Waals surface area contributed by atoms with Gasteiger partial charge in [0.25, 0.3) is 0 Å². The largest absolute Gasteiger partial charge is 0.495 e. The molecule has 0 saturated carbocycles. The molecule has 1 saturated heterocycles. The van der Waals surface area contributed by atoms with Crippen molar-refractivity contribution in [2.45, 2.75) is 12.0 Å². The second-order valence-corrected chi connectivity index (χ2v) is 4.32. The van der Waals surface area contributed by atoms with Crippen LogP contribution in [0.1, 0.15) is 12.0 Å². The van der Waals surface area contributed by atoms with Crippen LogP contribution >= 0.6 is 0 Å². The topological polar surface area (TPSA) is 59.6 Å². The fourth-order valence-electron chi connectivity index (χ4n) is 2.56. The molecule has 0 bridgehead atoms. The van der Waals surface area contributed by atoms with Crippen molar-refractivity contribution in [3.05, 3.63) is 23.8 Å². The van der Waals surface area contributed by atoms with Gasteiger partial charge < -0.3 is 14.8 Å². The smallest absolute Gasteiger partial charge is 0.412 e. The van der Waals surface area contributed by atoms with Gasteiger partial charge in [0.2, 0.25) is 0 Å². The summed E-state index contributed by atoms with van der Waals surface area (Å²) in [5.74, 6) is 0.672. The van der Waals surface area contributed by atoms with Gasteiger partial charge in [-0.1, -0.05) is 12.1 Å². The molecule has 1 unspecified atom stereocenters. The molecule has 3 rings (SSSR count). The number of benzene rings is 1. The van der Waals surface area contributed by atoms with Gasteiger partial charge in [-0.3, -0.25) is 5.32 Å². The Balaban J connectivity index is 2.16. The zero-order valence-electron chi connectivity index (χ0n) is 9.58. The summed E-state index contributed by atoms with van der Waals surface area (Å²) in [6.45, 7) is 1.50. The number of hydrogen-bond acceptors (Lipinski definition) is 4. The zero-order valence-corrected chi connectivity index (χ0v) is 9.58. The van der Waals surface area contributed by atoms with E-state index in [1.165, 1.54) is 0 Å². The molecule has 2 aliphatic heterocycles. The summed E-state index contributed by atoms with van der Waals surface area (Å²) in [6, 6.07) is 5.73. The van der Waals surface area contributed by atoms with Crippen LogP contribution in [0.25, 0.3) is 0 Å². The van der Waals surface area contributed by atoms with Crippen LogP contribution in [0.4, 0.5) is 10.5 Å². The lowest BCUT2D eigenvalue weighted by molar-refractivity contribution is 0.0275. The Hall–Kier alpha value is -1.75. The van der Waals surface area contributed by atoms with Crippen LogP contribution in [0, 0.1) is 0 Å². The molecule has 90 valence electrons. The SMILES string of the molecule is COc1cccc2c1NC(=O)OC21CCNC1. The monoisotopic (exact) mass is 234 g/mol. The maximum absolute atomic E-state index is 11.6. The van der Waals surface area contributed by atoms with E-state index in [9.17, 15) is 4.79 Å². The molecule has 0 aliphatic carbocycles. The van der Waals surface area contributed by atoms with E-state index in [2.05, 4.69) is 10.6 Å². The third kappa shape index (κ3) is 1.46. The molecule has 1 spiro atoms. The van der Waals surface area contributed by atoms with Gasteiger partial charge in [-0.15, -0.1) is 0 Å². The van der Waals surface area contributed by atoms with E-state index in [0.717, 1.165) is 24.2 Å². The molecular weight excluding hydrogens is 220 g/mol. The second kappa shape index (κ2) is 3.63. The Morgan fingerprint density at radius 3 is 3.06 bits per heavy atom. The molecule has 1 atom stereocenters. The number of para-hydroxylation sites is 1. The lowest BCUT2D eigenvalue weighted by Gasteiger charge is -2.35. The van der Waals surface area contributed by atoms with Crippen LogP contribution in [0.15, 0.2) is 18.2 Å². The van der Waals surface area contributed by atoms with Crippen LogP contribution in [-0.4, -0.2) is 26.3 Å². The summed E-state index contributed by atoms with van der Waals surface area (Å²) in [5.41, 5.74) is 1.18. The third-order valence-electron chi connectivity index (χ3n) is 3.37. The maximum Gasteiger partial charge on any atom is 0.412 e. The normalized spacial score (nSPS) is 26.3. The van der Waals surface area contributed by atoms with Gasteiger partial charge in [0.05, 0.1) is 12.8 Å². The summed E-state index contributed by atoms with van der Waals surface area (Å²) < 4.78 is 10.8. The fraction of sp³-hybridized carbons (Fsp3) is 0.417. The molecule has 1 amide bonds. The van der Waals surface area contributed by atoms with Gasteiger partial charge in [-0.2, -0.15) is 0 Å². The fourth-order valence-corrected chi connectivity index (χ4v) is 2.56. The predicted molar refractivity (Wildman–Crippen MR) is 62.3 cm³/mol. The molecule has 17 heavy (non-hydrogen) atoms. The molecule has 0 radical (unpaired) electrons. The number of ether oxygens (including phenoxy) is 2. The van der Waals surface area contributed by atoms with Crippen LogP contribution in [0.3, 0.4) is 0 Å². The summed E-state index contributed by atoms with van der Waals surface area (Å²) in [7, 11) is 1.59. The van der Waals surface area contributed by atoms with E-state index in [1.807, 2.05) is 18.2 Å². The lowest BCUT2D eigenvalue weighted by Crippen LogP contribution is -2.41. The first kappa shape index (κ1) is 10.4. The van der Waals surface area contributed by atoms with Crippen molar-refractivity contribution in [2.75, 3.05) is 25.5 Å². The average molecular weight is 234 g/mol. The first-order chi connectivity index (χ1) is 8.25. The first-order valence-corrected chi connectivity index (χ1v) is 5.63. The predicted octanol–water partition coefficient (Wildman–Crippen LogP) is 1.45. The zero-order chi connectivity index (χ0) is 11.9. The molecule has 2 N–H and O–H groups in total. The van der Waals surface area contributed by atoms with Crippen molar-refractivity contribution in [3.63, 3.8) is 0 Å². The molecule has 5 heteroatoms. The number of carbonyl (C=O) groups is 1. The third-order valence-corrected chi connectivity index (χ3v) is 3.37. The summed E-state index contributed by atoms with van der Waals surface area (Å²) in [4.78, 5) is 11.6. The van der Waals surface area contributed by atoms with Crippen molar-refractivity contribution < 1.29 is 14.3 Å². The van der Waals surface area contributed by atoms with Gasteiger partial charge in [0.15, 0.2) is 5.60 Å². The van der Waals surface area contributed by atoms with Gasteiger partial charge in [-0.25, -0.2) is 4.79 Å². The quantitative estimate of drug-likeness (QED) is 0.772. The number of nitrogens with one attached hydrogen (secondary N) is 2. The number of methoxy groups -OCH3 is 1. The second-order valence-electron chi connectivity index (χ2n) is 4.32. The number of carbonyl (C=O) groups excluding carboxylic acids is 1. The lowest BCUT2D eigenvalue weighted by atomic mass is 9.90. The van der Waals surface area contributed by atoms with Gasteiger partial charge in [-0.05, 0) is 12.6 Å². The van der Waals surface area contributed by atoms with Crippen LogP contribution in [0.5, 0.6) is 5.75 Å². The molecule has 2 heterocycles. The number of rotatable bonds is 1. The number of fused-ring (bicyclic) bond motifs is 2. The van der Waals surface area contributed by atoms with Crippen molar-refractivity contribution in [2.24, 2.45) is 0 Å². The molecule has 1 fully saturated rings. The molecule has 1 aromatic carbocycles. The van der Waals surface area contributed by atoms with E-state index < -0.39 is 11.7 Å². The number of anilines is 1. The number of hydrogen-bond donors (Lipinski definition) is 2. The van der Waals surface area contributed by atoms with Crippen LogP contribution in [-0.2, 0) is 10.3 Å². The summed E-state index contributed by atoms with van der Waals surface area (Å²) in [5, 5.41) is 5.95. The minimum absolute atomic E-state index is 0.411. The number of amides is 1. The van der Waals surface area contributed by atoms with Crippen molar-refractivity contribution >= 4 is 11.8 Å². The van der Waals surface area contributed by atoms with Crippen LogP contribution < -0.4 is 15.4 Å². The Morgan fingerprint density at radius 1 is 1.47 bits per heavy atom. The van der Waals surface area contributed by atoms with E-state index in [-0.39, 0.29) is 0 Å². The minimum Gasteiger partial charge on any atom is -0.495 e. The van der Waals surface area contributed by atoms with E-state index >= 15 is 0 Å². The Morgan fingerprint density at radius 2 is 2.35 bits per heavy atom. The Labute approximate surface area is 99.1 Å². The molecule has 2 aliphatic rings.